The molecule has 2 atom stereocenters. The number of aromatic nitrogens is 4. The Morgan fingerprint density at radius 3 is 2.40 bits per heavy atom. The van der Waals surface area contributed by atoms with E-state index in [4.69, 9.17) is 17.3 Å². The number of hydrogen-bond acceptors (Lipinski definition) is 6. The van der Waals surface area contributed by atoms with Gasteiger partial charge >= 0.3 is 6.18 Å². The summed E-state index contributed by atoms with van der Waals surface area (Å²) in [5, 5.41) is 6.55. The largest absolute Gasteiger partial charge is 0.435 e. The number of carbonyl (C=O) groups is 3. The number of carbonyl (C=O) groups excluding carboxylic acids is 3. The van der Waals surface area contributed by atoms with Gasteiger partial charge in [0, 0.05) is 63.6 Å². The Bertz CT molecular complexity index is 1620. The van der Waals surface area contributed by atoms with E-state index in [1.807, 2.05) is 0 Å². The fraction of sp³-hybridized carbons (Fsp3) is 0.500. The predicted molar refractivity (Wildman–Crippen MR) is 159 cm³/mol. The Kier molecular flexibility index (Phi) is 8.37. The standard InChI is InChI=1S/C30H34ClF3N8O3/c1-39-24(22-16-42(15-17-2-3-17)38-25(22)30(32,33)34)14-36-26(39)27(43)37-20-6-7-21(23(31)13-20)29(45)41-10-8-40(9-11-41)28(44)18-4-5-19(35)12-18/h6-7,13-14,16-19H,2-5,8-12,15,35H2,1H3,(H,37,43)/t18-,19-/m1/s1. The van der Waals surface area contributed by atoms with E-state index in [0.717, 1.165) is 25.7 Å². The van der Waals surface area contributed by atoms with Crippen LogP contribution in [0.15, 0.2) is 30.6 Å². The van der Waals surface area contributed by atoms with Gasteiger partial charge in [-0.1, -0.05) is 11.6 Å². The first-order chi connectivity index (χ1) is 21.4. The van der Waals surface area contributed by atoms with Crippen molar-refractivity contribution in [1.29, 1.82) is 0 Å². The van der Waals surface area contributed by atoms with Gasteiger partial charge in [-0.2, -0.15) is 18.3 Å². The van der Waals surface area contributed by atoms with Gasteiger partial charge in [0.1, 0.15) is 0 Å². The molecule has 3 aliphatic rings. The summed E-state index contributed by atoms with van der Waals surface area (Å²) in [6, 6.07) is 4.53. The van der Waals surface area contributed by atoms with E-state index in [9.17, 15) is 27.6 Å². The first-order valence-electron chi connectivity index (χ1n) is 15.0. The van der Waals surface area contributed by atoms with Crippen LogP contribution in [0.1, 0.15) is 58.8 Å². The number of hydrogen-bond donors (Lipinski definition) is 2. The highest BCUT2D eigenvalue weighted by Gasteiger charge is 2.39. The van der Waals surface area contributed by atoms with Gasteiger partial charge in [-0.05, 0) is 56.2 Å². The second-order valence-corrected chi connectivity index (χ2v) is 12.5. The molecule has 2 aromatic heterocycles. The molecular weight excluding hydrogens is 613 g/mol. The normalized spacial score (nSPS) is 20.5. The first-order valence-corrected chi connectivity index (χ1v) is 15.4. The monoisotopic (exact) mass is 646 g/mol. The molecule has 3 fully saturated rings. The number of rotatable bonds is 7. The van der Waals surface area contributed by atoms with Gasteiger partial charge in [0.2, 0.25) is 5.91 Å². The zero-order valence-electron chi connectivity index (χ0n) is 24.7. The number of anilines is 1. The summed E-state index contributed by atoms with van der Waals surface area (Å²) >= 11 is 6.46. The van der Waals surface area contributed by atoms with Gasteiger partial charge in [-0.15, -0.1) is 0 Å². The highest BCUT2D eigenvalue weighted by molar-refractivity contribution is 6.34. The number of nitrogens with two attached hydrogens (primary N) is 1. The van der Waals surface area contributed by atoms with Crippen LogP contribution in [-0.2, 0) is 24.6 Å². The summed E-state index contributed by atoms with van der Waals surface area (Å²) in [5.74, 6) is -0.701. The van der Waals surface area contributed by atoms with Crippen LogP contribution < -0.4 is 11.1 Å². The molecule has 0 spiro atoms. The minimum atomic E-state index is -4.68. The summed E-state index contributed by atoms with van der Waals surface area (Å²) in [7, 11) is 1.46. The molecule has 2 aliphatic carbocycles. The molecule has 1 saturated heterocycles. The lowest BCUT2D eigenvalue weighted by Crippen LogP contribution is -2.51. The van der Waals surface area contributed by atoms with Crippen LogP contribution in [0.2, 0.25) is 5.02 Å². The zero-order chi connectivity index (χ0) is 32.0. The third-order valence-electron chi connectivity index (χ3n) is 8.80. The average molecular weight is 647 g/mol. The van der Waals surface area contributed by atoms with Crippen molar-refractivity contribution in [3.8, 4) is 11.3 Å². The number of halogens is 4. The molecule has 0 radical (unpaired) electrons. The molecule has 3 aromatic rings. The number of nitrogens with one attached hydrogen (secondary N) is 1. The number of amides is 3. The molecule has 3 amide bonds. The van der Waals surface area contributed by atoms with E-state index in [0.29, 0.717) is 45.1 Å². The van der Waals surface area contributed by atoms with E-state index >= 15 is 0 Å². The highest BCUT2D eigenvalue weighted by atomic mass is 35.5. The average Bonchev–Trinajstić information content (AvgIpc) is 3.33. The molecule has 11 nitrogen and oxygen atoms in total. The lowest BCUT2D eigenvalue weighted by atomic mass is 10.1. The maximum atomic E-state index is 13.8. The van der Waals surface area contributed by atoms with E-state index in [1.54, 1.807) is 9.80 Å². The smallest absolute Gasteiger partial charge is 0.339 e. The topological polar surface area (TPSA) is 131 Å². The molecule has 1 aromatic carbocycles. The molecule has 15 heteroatoms. The van der Waals surface area contributed by atoms with Crippen LogP contribution in [0, 0.1) is 11.8 Å². The molecular formula is C30H34ClF3N8O3. The van der Waals surface area contributed by atoms with Crippen LogP contribution >= 0.6 is 11.6 Å². The Morgan fingerprint density at radius 1 is 1.07 bits per heavy atom. The fourth-order valence-corrected chi connectivity index (χ4v) is 6.36. The number of alkyl halides is 3. The SMILES string of the molecule is Cn1c(-c2cn(CC3CC3)nc2C(F)(F)F)cnc1C(=O)Nc1ccc(C(=O)N2CCN(C(=O)[C@@H]3CC[C@@H](N)C3)CC2)c(Cl)c1. The minimum absolute atomic E-state index is 0.0508. The Hall–Kier alpha value is -3.91. The van der Waals surface area contributed by atoms with Gasteiger partial charge in [0.15, 0.2) is 11.5 Å². The Balaban J connectivity index is 1.10. The van der Waals surface area contributed by atoms with Crippen LogP contribution in [0.5, 0.6) is 0 Å². The van der Waals surface area contributed by atoms with Gasteiger partial charge in [-0.3, -0.25) is 19.1 Å². The fourth-order valence-electron chi connectivity index (χ4n) is 6.10. The number of nitrogens with zero attached hydrogens (tertiary/aromatic N) is 6. The van der Waals surface area contributed by atoms with E-state index in [2.05, 4.69) is 15.4 Å². The molecule has 1 aliphatic heterocycles. The van der Waals surface area contributed by atoms with E-state index < -0.39 is 17.8 Å². The second-order valence-electron chi connectivity index (χ2n) is 12.1. The van der Waals surface area contributed by atoms with Crippen molar-refractivity contribution in [2.24, 2.45) is 24.6 Å². The molecule has 6 rings (SSSR count). The molecule has 3 heterocycles. The second kappa shape index (κ2) is 12.1. The molecule has 45 heavy (non-hydrogen) atoms. The van der Waals surface area contributed by atoms with Crippen molar-refractivity contribution >= 4 is 35.0 Å². The molecule has 0 unspecified atom stereocenters. The first kappa shape index (κ1) is 31.1. The number of benzene rings is 1. The third kappa shape index (κ3) is 6.57. The molecule has 0 bridgehead atoms. The predicted octanol–water partition coefficient (Wildman–Crippen LogP) is 4.03. The minimum Gasteiger partial charge on any atom is -0.339 e. The van der Waals surface area contributed by atoms with Crippen molar-refractivity contribution in [1.82, 2.24) is 29.1 Å². The highest BCUT2D eigenvalue weighted by Crippen LogP contribution is 2.38. The van der Waals surface area contributed by atoms with Crippen molar-refractivity contribution in [3.63, 3.8) is 0 Å². The van der Waals surface area contributed by atoms with Crippen molar-refractivity contribution in [2.75, 3.05) is 31.5 Å². The van der Waals surface area contributed by atoms with Gasteiger partial charge in [-0.25, -0.2) is 4.98 Å². The van der Waals surface area contributed by atoms with Crippen LogP contribution in [0.3, 0.4) is 0 Å². The Labute approximate surface area is 262 Å². The summed E-state index contributed by atoms with van der Waals surface area (Å²) < 4.78 is 44.0. The summed E-state index contributed by atoms with van der Waals surface area (Å²) in [6.07, 6.45) is 2.14. The van der Waals surface area contributed by atoms with E-state index in [1.165, 1.54) is 46.9 Å². The van der Waals surface area contributed by atoms with Gasteiger partial charge in [0.25, 0.3) is 11.8 Å². The zero-order valence-corrected chi connectivity index (χ0v) is 25.4. The molecule has 2 saturated carbocycles. The third-order valence-corrected chi connectivity index (χ3v) is 9.11. The molecule has 3 N–H and O–H groups in total. The molecule has 240 valence electrons. The van der Waals surface area contributed by atoms with Crippen LogP contribution in [0.4, 0.5) is 18.9 Å². The van der Waals surface area contributed by atoms with Crippen LogP contribution in [0.25, 0.3) is 11.3 Å². The van der Waals surface area contributed by atoms with Crippen molar-refractivity contribution in [3.05, 3.63) is 52.7 Å². The quantitative estimate of drug-likeness (QED) is 0.399. The van der Waals surface area contributed by atoms with Gasteiger partial charge < -0.3 is 25.4 Å². The van der Waals surface area contributed by atoms with Gasteiger partial charge in [0.05, 0.1) is 28.0 Å². The summed E-state index contributed by atoms with van der Waals surface area (Å²) in [5.41, 5.74) is 5.40. The summed E-state index contributed by atoms with van der Waals surface area (Å²) in [4.78, 5) is 46.7. The lowest BCUT2D eigenvalue weighted by molar-refractivity contribution is -0.141. The number of piperazine rings is 1. The maximum absolute atomic E-state index is 13.8. The van der Waals surface area contributed by atoms with Crippen molar-refractivity contribution in [2.45, 2.75) is 50.9 Å². The summed E-state index contributed by atoms with van der Waals surface area (Å²) in [6.45, 7) is 2.00. The van der Waals surface area contributed by atoms with Crippen LogP contribution in [-0.4, -0.2) is 79.1 Å². The van der Waals surface area contributed by atoms with Crippen molar-refractivity contribution < 1.29 is 27.6 Å². The number of imidazole rings is 1. The maximum Gasteiger partial charge on any atom is 0.435 e. The van der Waals surface area contributed by atoms with E-state index in [-0.39, 0.29) is 57.1 Å². The Morgan fingerprint density at radius 2 is 1.78 bits per heavy atom. The lowest BCUT2D eigenvalue weighted by Gasteiger charge is -2.36.